The second-order valence-corrected chi connectivity index (χ2v) is 7.81. The molecule has 2 heterocycles. The van der Waals surface area contributed by atoms with Gasteiger partial charge in [0.05, 0.1) is 6.04 Å². The van der Waals surface area contributed by atoms with Gasteiger partial charge < -0.3 is 15.4 Å². The van der Waals surface area contributed by atoms with Crippen molar-refractivity contribution in [3.63, 3.8) is 0 Å². The maximum absolute atomic E-state index is 6.31. The molecule has 2 N–H and O–H groups in total. The zero-order valence-electron chi connectivity index (χ0n) is 14.6. The van der Waals surface area contributed by atoms with E-state index in [0.29, 0.717) is 34.7 Å². The van der Waals surface area contributed by atoms with Crippen LogP contribution in [0.15, 0.2) is 24.3 Å². The van der Waals surface area contributed by atoms with Gasteiger partial charge in [0.15, 0.2) is 0 Å². The Hall–Kier alpha value is -1.79. The Kier molecular flexibility index (Phi) is 4.33. The van der Waals surface area contributed by atoms with Gasteiger partial charge in [-0.1, -0.05) is 17.7 Å². The molecule has 2 fully saturated rings. The summed E-state index contributed by atoms with van der Waals surface area (Å²) in [5, 5.41) is 5.34. The van der Waals surface area contributed by atoms with Crippen molar-refractivity contribution in [3.05, 3.63) is 29.3 Å². The average Bonchev–Trinajstić information content (AvgIpc) is 3.04. The Bertz CT molecular complexity index is 748. The Labute approximate surface area is 152 Å². The second-order valence-electron chi connectivity index (χ2n) is 7.37. The average molecular weight is 362 g/mol. The van der Waals surface area contributed by atoms with Crippen LogP contribution in [-0.2, 0) is 0 Å². The lowest BCUT2D eigenvalue weighted by Gasteiger charge is -2.35. The number of nitrogens with zero attached hydrogens (tertiary/aromatic N) is 4. The summed E-state index contributed by atoms with van der Waals surface area (Å²) in [4.78, 5) is 6.93. The SMILES string of the molecule is CC(C)n1nc(N2CC3CCC(C2)C3N)nc1Oc1cccc(Cl)c1. The molecule has 2 bridgehead atoms. The number of hydrogen-bond donors (Lipinski definition) is 1. The summed E-state index contributed by atoms with van der Waals surface area (Å²) < 4.78 is 7.79. The van der Waals surface area contributed by atoms with Crippen molar-refractivity contribution >= 4 is 17.5 Å². The predicted molar refractivity (Wildman–Crippen MR) is 98.3 cm³/mol. The summed E-state index contributed by atoms with van der Waals surface area (Å²) in [5.41, 5.74) is 6.31. The van der Waals surface area contributed by atoms with Gasteiger partial charge in [-0.05, 0) is 56.7 Å². The van der Waals surface area contributed by atoms with Crippen LogP contribution in [0.2, 0.25) is 5.02 Å². The molecule has 134 valence electrons. The van der Waals surface area contributed by atoms with Gasteiger partial charge in [0.25, 0.3) is 0 Å². The maximum atomic E-state index is 6.31. The molecule has 1 saturated carbocycles. The molecule has 2 aliphatic rings. The molecule has 4 rings (SSSR count). The van der Waals surface area contributed by atoms with Crippen LogP contribution in [0.1, 0.15) is 32.7 Å². The lowest BCUT2D eigenvalue weighted by molar-refractivity contribution is 0.352. The van der Waals surface area contributed by atoms with E-state index in [1.54, 1.807) is 6.07 Å². The van der Waals surface area contributed by atoms with Gasteiger partial charge in [-0.3, -0.25) is 0 Å². The van der Waals surface area contributed by atoms with E-state index in [0.717, 1.165) is 19.0 Å². The van der Waals surface area contributed by atoms with E-state index in [-0.39, 0.29) is 6.04 Å². The minimum atomic E-state index is 0.152. The van der Waals surface area contributed by atoms with Crippen LogP contribution in [0.25, 0.3) is 0 Å². The number of nitrogens with two attached hydrogens (primary N) is 1. The van der Waals surface area contributed by atoms with Crippen LogP contribution >= 0.6 is 11.6 Å². The smallest absolute Gasteiger partial charge is 0.322 e. The molecule has 0 spiro atoms. The highest BCUT2D eigenvalue weighted by molar-refractivity contribution is 6.30. The normalized spacial score (nSPS) is 25.6. The van der Waals surface area contributed by atoms with Crippen molar-refractivity contribution in [1.29, 1.82) is 0 Å². The van der Waals surface area contributed by atoms with E-state index in [1.165, 1.54) is 12.8 Å². The third kappa shape index (κ3) is 3.20. The Balaban J connectivity index is 1.60. The van der Waals surface area contributed by atoms with E-state index >= 15 is 0 Å². The van der Waals surface area contributed by atoms with Gasteiger partial charge in [-0.25, -0.2) is 4.68 Å². The quantitative estimate of drug-likeness (QED) is 0.902. The van der Waals surface area contributed by atoms with Gasteiger partial charge in [0, 0.05) is 24.2 Å². The van der Waals surface area contributed by atoms with Gasteiger partial charge in [0.1, 0.15) is 5.75 Å². The molecule has 2 atom stereocenters. The lowest BCUT2D eigenvalue weighted by Crippen LogP contribution is -2.49. The minimum Gasteiger partial charge on any atom is -0.424 e. The number of hydrogen-bond acceptors (Lipinski definition) is 5. The molecule has 1 aromatic carbocycles. The molecule has 2 aromatic rings. The third-order valence-corrected chi connectivity index (χ3v) is 5.51. The van der Waals surface area contributed by atoms with Crippen LogP contribution in [0, 0.1) is 11.8 Å². The monoisotopic (exact) mass is 361 g/mol. The first-order valence-electron chi connectivity index (χ1n) is 8.91. The molecule has 1 saturated heterocycles. The summed E-state index contributed by atoms with van der Waals surface area (Å²) in [7, 11) is 0. The number of fused-ring (bicyclic) bond motifs is 2. The van der Waals surface area contributed by atoms with Gasteiger partial charge in [0.2, 0.25) is 5.95 Å². The summed E-state index contributed by atoms with van der Waals surface area (Å²) in [5.74, 6) is 2.48. The van der Waals surface area contributed by atoms with Crippen molar-refractivity contribution in [2.75, 3.05) is 18.0 Å². The molecule has 6 nitrogen and oxygen atoms in total. The number of halogens is 1. The molecule has 1 aromatic heterocycles. The zero-order chi connectivity index (χ0) is 17.6. The molecule has 1 aliphatic heterocycles. The van der Waals surface area contributed by atoms with Crippen molar-refractivity contribution in [3.8, 4) is 11.8 Å². The van der Waals surface area contributed by atoms with Crippen LogP contribution in [-0.4, -0.2) is 33.9 Å². The number of ether oxygens (including phenoxy) is 1. The third-order valence-electron chi connectivity index (χ3n) is 5.27. The van der Waals surface area contributed by atoms with Gasteiger partial charge in [-0.15, -0.1) is 5.10 Å². The predicted octanol–water partition coefficient (Wildman–Crippen LogP) is 3.48. The first-order chi connectivity index (χ1) is 12.0. The zero-order valence-corrected chi connectivity index (χ0v) is 15.4. The van der Waals surface area contributed by atoms with Crippen molar-refractivity contribution in [1.82, 2.24) is 14.8 Å². The fourth-order valence-electron chi connectivity index (χ4n) is 3.90. The molecular weight excluding hydrogens is 338 g/mol. The lowest BCUT2D eigenvalue weighted by atomic mass is 9.93. The van der Waals surface area contributed by atoms with E-state index in [1.807, 2.05) is 22.9 Å². The van der Waals surface area contributed by atoms with Gasteiger partial charge in [-0.2, -0.15) is 4.98 Å². The topological polar surface area (TPSA) is 69.2 Å². The van der Waals surface area contributed by atoms with Crippen LogP contribution in [0.3, 0.4) is 0 Å². The standard InChI is InChI=1S/C18H24ClN5O/c1-11(2)24-18(25-15-5-3-4-14(19)8-15)21-17(22-24)23-9-12-6-7-13(10-23)16(12)20/h3-5,8,11-13,16H,6-7,9-10,20H2,1-2H3. The van der Waals surface area contributed by atoms with Crippen molar-refractivity contribution in [2.24, 2.45) is 17.6 Å². The summed E-state index contributed by atoms with van der Waals surface area (Å²) in [6.45, 7) is 5.99. The Morgan fingerprint density at radius 1 is 1.24 bits per heavy atom. The minimum absolute atomic E-state index is 0.152. The molecule has 0 amide bonds. The number of benzene rings is 1. The first-order valence-corrected chi connectivity index (χ1v) is 9.29. The number of aromatic nitrogens is 3. The maximum Gasteiger partial charge on any atom is 0.322 e. The number of piperidine rings is 1. The largest absolute Gasteiger partial charge is 0.424 e. The van der Waals surface area contributed by atoms with E-state index in [9.17, 15) is 0 Å². The van der Waals surface area contributed by atoms with Crippen molar-refractivity contribution in [2.45, 2.75) is 38.8 Å². The molecule has 2 unspecified atom stereocenters. The number of anilines is 1. The van der Waals surface area contributed by atoms with E-state index < -0.39 is 0 Å². The van der Waals surface area contributed by atoms with Crippen molar-refractivity contribution < 1.29 is 4.74 Å². The van der Waals surface area contributed by atoms with Crippen LogP contribution < -0.4 is 15.4 Å². The number of rotatable bonds is 4. The Morgan fingerprint density at radius 3 is 2.60 bits per heavy atom. The molecule has 7 heteroatoms. The molecule has 25 heavy (non-hydrogen) atoms. The van der Waals surface area contributed by atoms with Crippen LogP contribution in [0.4, 0.5) is 5.95 Å². The molecular formula is C18H24ClN5O. The van der Waals surface area contributed by atoms with E-state index in [2.05, 4.69) is 23.7 Å². The van der Waals surface area contributed by atoms with Gasteiger partial charge >= 0.3 is 6.01 Å². The summed E-state index contributed by atoms with van der Waals surface area (Å²) in [6, 6.07) is 8.29. The molecule has 0 radical (unpaired) electrons. The summed E-state index contributed by atoms with van der Waals surface area (Å²) >= 11 is 6.05. The Morgan fingerprint density at radius 2 is 1.96 bits per heavy atom. The first kappa shape index (κ1) is 16.7. The fraction of sp³-hybridized carbons (Fsp3) is 0.556. The summed E-state index contributed by atoms with van der Waals surface area (Å²) in [6.07, 6.45) is 2.41. The fourth-order valence-corrected chi connectivity index (χ4v) is 4.08. The van der Waals surface area contributed by atoms with Crippen LogP contribution in [0.5, 0.6) is 11.8 Å². The van der Waals surface area contributed by atoms with E-state index in [4.69, 9.17) is 27.2 Å². The highest BCUT2D eigenvalue weighted by Crippen LogP contribution is 2.37. The highest BCUT2D eigenvalue weighted by atomic mass is 35.5. The molecule has 1 aliphatic carbocycles. The highest BCUT2D eigenvalue weighted by Gasteiger charge is 2.41. The second kappa shape index (κ2) is 6.50.